The number of hydrogen-bond acceptors (Lipinski definition) is 2. The predicted octanol–water partition coefficient (Wildman–Crippen LogP) is 4.05. The van der Waals surface area contributed by atoms with E-state index in [1.165, 1.54) is 20.9 Å². The molecular formula is C18H21NOS. The number of fused-ring (bicyclic) bond motifs is 1. The van der Waals surface area contributed by atoms with Gasteiger partial charge in [-0.15, -0.1) is 11.3 Å². The average Bonchev–Trinajstić information content (AvgIpc) is 3.12. The maximum Gasteiger partial charge on any atom is 0.220 e. The van der Waals surface area contributed by atoms with Crippen LogP contribution >= 0.6 is 11.3 Å². The number of aryl methyl sites for hydroxylation is 2. The quantitative estimate of drug-likeness (QED) is 0.886. The molecule has 1 unspecified atom stereocenters. The third-order valence-electron chi connectivity index (χ3n) is 4.21. The highest BCUT2D eigenvalue weighted by Crippen LogP contribution is 2.35. The van der Waals surface area contributed by atoms with E-state index in [1.54, 1.807) is 11.3 Å². The van der Waals surface area contributed by atoms with Crippen molar-refractivity contribution in [2.75, 3.05) is 0 Å². The van der Waals surface area contributed by atoms with Crippen molar-refractivity contribution in [3.05, 3.63) is 57.3 Å². The molecule has 0 spiro atoms. The molecule has 3 rings (SSSR count). The summed E-state index contributed by atoms with van der Waals surface area (Å²) >= 11 is 1.79. The fourth-order valence-electron chi connectivity index (χ4n) is 3.05. The van der Waals surface area contributed by atoms with Gasteiger partial charge in [0, 0.05) is 16.2 Å². The zero-order valence-corrected chi connectivity index (χ0v) is 13.2. The van der Waals surface area contributed by atoms with E-state index >= 15 is 0 Å². The molecule has 110 valence electrons. The molecule has 1 atom stereocenters. The van der Waals surface area contributed by atoms with Crippen LogP contribution in [0.5, 0.6) is 0 Å². The van der Waals surface area contributed by atoms with Crippen LogP contribution < -0.4 is 5.32 Å². The van der Waals surface area contributed by atoms with Gasteiger partial charge in [-0.25, -0.2) is 0 Å². The molecular weight excluding hydrogens is 278 g/mol. The van der Waals surface area contributed by atoms with Crippen LogP contribution in [0.3, 0.4) is 0 Å². The van der Waals surface area contributed by atoms with E-state index in [0.717, 1.165) is 19.3 Å². The van der Waals surface area contributed by atoms with E-state index in [9.17, 15) is 4.79 Å². The van der Waals surface area contributed by atoms with Crippen molar-refractivity contribution in [3.63, 3.8) is 0 Å². The van der Waals surface area contributed by atoms with Crippen molar-refractivity contribution in [2.24, 2.45) is 0 Å². The van der Waals surface area contributed by atoms with Crippen LogP contribution in [-0.4, -0.2) is 5.91 Å². The monoisotopic (exact) mass is 299 g/mol. The van der Waals surface area contributed by atoms with Crippen molar-refractivity contribution < 1.29 is 4.79 Å². The Morgan fingerprint density at radius 2 is 2.05 bits per heavy atom. The molecule has 0 bridgehead atoms. The molecule has 1 N–H and O–H groups in total. The maximum absolute atomic E-state index is 12.2. The highest BCUT2D eigenvalue weighted by molar-refractivity contribution is 7.11. The van der Waals surface area contributed by atoms with Crippen molar-refractivity contribution >= 4 is 17.2 Å². The van der Waals surface area contributed by atoms with Crippen LogP contribution in [0.2, 0.25) is 0 Å². The van der Waals surface area contributed by atoms with Gasteiger partial charge in [-0.1, -0.05) is 31.2 Å². The summed E-state index contributed by atoms with van der Waals surface area (Å²) in [7, 11) is 0. The van der Waals surface area contributed by atoms with Crippen LogP contribution in [0.4, 0.5) is 0 Å². The summed E-state index contributed by atoms with van der Waals surface area (Å²) in [5.74, 6) is 0.568. The Hall–Kier alpha value is -1.61. The Bertz CT molecular complexity index is 632. The lowest BCUT2D eigenvalue weighted by Gasteiger charge is -2.11. The van der Waals surface area contributed by atoms with Crippen LogP contribution in [0.25, 0.3) is 0 Å². The zero-order valence-electron chi connectivity index (χ0n) is 12.4. The lowest BCUT2D eigenvalue weighted by molar-refractivity contribution is -0.121. The molecule has 0 saturated heterocycles. The summed E-state index contributed by atoms with van der Waals surface area (Å²) in [5, 5.41) is 3.07. The molecule has 1 amide bonds. The number of nitrogens with one attached hydrogen (secondary N) is 1. The molecule has 1 aromatic carbocycles. The number of hydrogen-bond donors (Lipinski definition) is 1. The molecule has 0 saturated carbocycles. The van der Waals surface area contributed by atoms with E-state index in [4.69, 9.17) is 0 Å². The van der Waals surface area contributed by atoms with E-state index in [2.05, 4.69) is 48.6 Å². The van der Waals surface area contributed by atoms with E-state index < -0.39 is 0 Å². The fourth-order valence-corrected chi connectivity index (χ4v) is 3.94. The molecule has 1 aliphatic carbocycles. The van der Waals surface area contributed by atoms with Gasteiger partial charge in [0.15, 0.2) is 0 Å². The smallest absolute Gasteiger partial charge is 0.220 e. The van der Waals surface area contributed by atoms with E-state index in [0.29, 0.717) is 18.9 Å². The largest absolute Gasteiger partial charge is 0.351 e. The topological polar surface area (TPSA) is 29.1 Å². The summed E-state index contributed by atoms with van der Waals surface area (Å²) < 4.78 is 0. The second kappa shape index (κ2) is 6.44. The van der Waals surface area contributed by atoms with Crippen LogP contribution in [0, 0.1) is 0 Å². The minimum absolute atomic E-state index is 0.170. The minimum Gasteiger partial charge on any atom is -0.351 e. The Balaban J connectivity index is 1.53. The van der Waals surface area contributed by atoms with Crippen LogP contribution in [0.1, 0.15) is 46.6 Å². The fraction of sp³-hybridized carbons (Fsp3) is 0.389. The van der Waals surface area contributed by atoms with Gasteiger partial charge in [-0.05, 0) is 48.4 Å². The predicted molar refractivity (Wildman–Crippen MR) is 87.7 cm³/mol. The van der Waals surface area contributed by atoms with E-state index in [1.807, 2.05) is 0 Å². The summed E-state index contributed by atoms with van der Waals surface area (Å²) in [5.41, 5.74) is 2.79. The molecule has 1 aromatic heterocycles. The maximum atomic E-state index is 12.2. The van der Waals surface area contributed by atoms with Crippen LogP contribution in [-0.2, 0) is 24.2 Å². The highest BCUT2D eigenvalue weighted by atomic mass is 32.1. The first-order valence-electron chi connectivity index (χ1n) is 7.68. The second-order valence-corrected chi connectivity index (χ2v) is 6.89. The van der Waals surface area contributed by atoms with Crippen molar-refractivity contribution in [1.29, 1.82) is 0 Å². The Morgan fingerprint density at radius 3 is 2.86 bits per heavy atom. The van der Waals surface area contributed by atoms with Gasteiger partial charge in [-0.3, -0.25) is 4.79 Å². The Kier molecular flexibility index (Phi) is 4.39. The van der Waals surface area contributed by atoms with Crippen molar-refractivity contribution in [3.8, 4) is 0 Å². The average molecular weight is 299 g/mol. The molecule has 0 aliphatic heterocycles. The first kappa shape index (κ1) is 14.3. The standard InChI is InChI=1S/C18H21NOS/c1-2-15-9-10-16(21-15)12-19-18(20)11-14-8-7-13-5-3-4-6-17(13)14/h3-6,9-10,14H,2,7-8,11-12H2,1H3,(H,19,20). The van der Waals surface area contributed by atoms with Crippen molar-refractivity contribution in [1.82, 2.24) is 5.32 Å². The van der Waals surface area contributed by atoms with Gasteiger partial charge in [-0.2, -0.15) is 0 Å². The number of rotatable bonds is 5. The van der Waals surface area contributed by atoms with Gasteiger partial charge >= 0.3 is 0 Å². The summed E-state index contributed by atoms with van der Waals surface area (Å²) in [6, 6.07) is 12.8. The number of amides is 1. The molecule has 2 nitrogen and oxygen atoms in total. The SMILES string of the molecule is CCc1ccc(CNC(=O)CC2CCc3ccccc32)s1. The first-order chi connectivity index (χ1) is 10.3. The van der Waals surface area contributed by atoms with Gasteiger partial charge in [0.05, 0.1) is 6.54 Å². The summed E-state index contributed by atoms with van der Waals surface area (Å²) in [6.07, 6.45) is 3.89. The lowest BCUT2D eigenvalue weighted by Crippen LogP contribution is -2.23. The molecule has 21 heavy (non-hydrogen) atoms. The molecule has 0 fully saturated rings. The Labute approximate surface area is 130 Å². The van der Waals surface area contributed by atoms with Gasteiger partial charge in [0.25, 0.3) is 0 Å². The summed E-state index contributed by atoms with van der Waals surface area (Å²) in [6.45, 7) is 2.82. The third kappa shape index (κ3) is 3.35. The number of carbonyl (C=O) groups is 1. The molecule has 2 aromatic rings. The third-order valence-corrected chi connectivity index (χ3v) is 5.44. The van der Waals surface area contributed by atoms with Gasteiger partial charge < -0.3 is 5.32 Å². The number of thiophene rings is 1. The highest BCUT2D eigenvalue weighted by Gasteiger charge is 2.23. The first-order valence-corrected chi connectivity index (χ1v) is 8.50. The molecule has 0 radical (unpaired) electrons. The molecule has 1 aliphatic rings. The van der Waals surface area contributed by atoms with E-state index in [-0.39, 0.29) is 5.91 Å². The zero-order chi connectivity index (χ0) is 14.7. The van der Waals surface area contributed by atoms with Crippen molar-refractivity contribution in [2.45, 2.75) is 45.1 Å². The number of benzene rings is 1. The normalized spacial score (nSPS) is 16.7. The Morgan fingerprint density at radius 1 is 1.24 bits per heavy atom. The summed E-state index contributed by atoms with van der Waals surface area (Å²) in [4.78, 5) is 14.8. The van der Waals surface area contributed by atoms with Gasteiger partial charge in [0.2, 0.25) is 5.91 Å². The van der Waals surface area contributed by atoms with Gasteiger partial charge in [0.1, 0.15) is 0 Å². The minimum atomic E-state index is 0.170. The number of carbonyl (C=O) groups excluding carboxylic acids is 1. The molecule has 3 heteroatoms. The lowest BCUT2D eigenvalue weighted by atomic mass is 9.97. The molecule has 1 heterocycles. The van der Waals surface area contributed by atoms with Crippen LogP contribution in [0.15, 0.2) is 36.4 Å². The second-order valence-electron chi connectivity index (χ2n) is 5.64.